The minimum Gasteiger partial charge on any atom is -0.481 e. The van der Waals surface area contributed by atoms with Crippen LogP contribution in [0.1, 0.15) is 56.6 Å². The summed E-state index contributed by atoms with van der Waals surface area (Å²) in [7, 11) is -3.92. The SMILES string of the molecule is O=C(O)CCC(=O)N(C1CC1)[C@H]1c2ccccc2N(S(=O)(=O)c2ccc(Oc3ccccc3)cc2)[C@@H]2CCC[C@@H]21. The van der Waals surface area contributed by atoms with Crippen LogP contribution in [0.3, 0.4) is 0 Å². The second-order valence-corrected chi connectivity index (χ2v) is 12.6. The molecule has 1 amide bonds. The molecule has 1 aliphatic heterocycles. The van der Waals surface area contributed by atoms with Crippen LogP contribution in [0.2, 0.25) is 0 Å². The first-order valence-electron chi connectivity index (χ1n) is 13.8. The molecule has 2 aliphatic carbocycles. The molecular weight excluding hydrogens is 528 g/mol. The number of amides is 1. The van der Waals surface area contributed by atoms with E-state index in [-0.39, 0.29) is 47.7 Å². The number of hydrogen-bond acceptors (Lipinski definition) is 5. The van der Waals surface area contributed by atoms with E-state index in [0.29, 0.717) is 23.6 Å². The number of fused-ring (bicyclic) bond motifs is 2. The van der Waals surface area contributed by atoms with Crippen molar-refractivity contribution in [2.24, 2.45) is 5.92 Å². The topological polar surface area (TPSA) is 104 Å². The molecule has 2 fully saturated rings. The zero-order valence-electron chi connectivity index (χ0n) is 22.1. The van der Waals surface area contributed by atoms with Crippen molar-refractivity contribution in [2.75, 3.05) is 4.31 Å². The van der Waals surface area contributed by atoms with Crippen LogP contribution in [0.25, 0.3) is 0 Å². The Hall–Kier alpha value is -3.85. The molecule has 8 nitrogen and oxygen atoms in total. The fraction of sp³-hybridized carbons (Fsp3) is 0.355. The smallest absolute Gasteiger partial charge is 0.303 e. The highest BCUT2D eigenvalue weighted by Gasteiger charge is 2.52. The van der Waals surface area contributed by atoms with Crippen molar-refractivity contribution in [3.8, 4) is 11.5 Å². The van der Waals surface area contributed by atoms with E-state index in [4.69, 9.17) is 4.74 Å². The van der Waals surface area contributed by atoms with E-state index in [9.17, 15) is 23.1 Å². The van der Waals surface area contributed by atoms with Crippen molar-refractivity contribution in [1.29, 1.82) is 0 Å². The molecular formula is C31H32N2O6S. The second kappa shape index (κ2) is 10.6. The van der Waals surface area contributed by atoms with Gasteiger partial charge in [-0.3, -0.25) is 13.9 Å². The number of sulfonamides is 1. The summed E-state index contributed by atoms with van der Waals surface area (Å²) in [6.45, 7) is 0. The van der Waals surface area contributed by atoms with Gasteiger partial charge in [0, 0.05) is 18.4 Å². The van der Waals surface area contributed by atoms with Gasteiger partial charge < -0.3 is 14.7 Å². The third-order valence-electron chi connectivity index (χ3n) is 8.17. The molecule has 6 rings (SSSR count). The summed E-state index contributed by atoms with van der Waals surface area (Å²) in [6, 6.07) is 22.8. The molecule has 3 atom stereocenters. The number of para-hydroxylation sites is 2. The van der Waals surface area contributed by atoms with E-state index >= 15 is 0 Å². The Labute approximate surface area is 234 Å². The largest absolute Gasteiger partial charge is 0.481 e. The van der Waals surface area contributed by atoms with E-state index in [0.717, 1.165) is 31.2 Å². The molecule has 40 heavy (non-hydrogen) atoms. The lowest BCUT2D eigenvalue weighted by Crippen LogP contribution is -2.52. The number of hydrogen-bond donors (Lipinski definition) is 1. The Morgan fingerprint density at radius 1 is 0.850 bits per heavy atom. The molecule has 3 aromatic rings. The monoisotopic (exact) mass is 560 g/mol. The minimum atomic E-state index is -3.92. The number of carbonyl (C=O) groups excluding carboxylic acids is 1. The van der Waals surface area contributed by atoms with Crippen LogP contribution in [0.4, 0.5) is 5.69 Å². The summed E-state index contributed by atoms with van der Waals surface area (Å²) in [5.41, 5.74) is 1.41. The molecule has 0 aromatic heterocycles. The molecule has 0 saturated heterocycles. The van der Waals surface area contributed by atoms with Crippen molar-refractivity contribution >= 4 is 27.6 Å². The quantitative estimate of drug-likeness (QED) is 0.357. The summed E-state index contributed by atoms with van der Waals surface area (Å²) in [5, 5.41) is 9.19. The maximum atomic E-state index is 14.2. The summed E-state index contributed by atoms with van der Waals surface area (Å²) >= 11 is 0. The van der Waals surface area contributed by atoms with Crippen molar-refractivity contribution in [2.45, 2.75) is 68.0 Å². The van der Waals surface area contributed by atoms with Crippen molar-refractivity contribution in [3.05, 3.63) is 84.4 Å². The van der Waals surface area contributed by atoms with E-state index < -0.39 is 16.0 Å². The number of benzene rings is 3. The second-order valence-electron chi connectivity index (χ2n) is 10.8. The van der Waals surface area contributed by atoms with Gasteiger partial charge in [-0.1, -0.05) is 42.8 Å². The number of anilines is 1. The average molecular weight is 561 g/mol. The average Bonchev–Trinajstić information content (AvgIpc) is 3.67. The van der Waals surface area contributed by atoms with Gasteiger partial charge in [0.1, 0.15) is 11.5 Å². The number of rotatable bonds is 9. The van der Waals surface area contributed by atoms with E-state index in [1.807, 2.05) is 59.5 Å². The fourth-order valence-corrected chi connectivity index (χ4v) is 8.09. The third kappa shape index (κ3) is 4.94. The number of carboxylic acids is 1. The number of ether oxygens (including phenoxy) is 1. The first kappa shape index (κ1) is 26.4. The zero-order valence-corrected chi connectivity index (χ0v) is 22.9. The maximum Gasteiger partial charge on any atom is 0.303 e. The van der Waals surface area contributed by atoms with Crippen LogP contribution in [0, 0.1) is 5.92 Å². The van der Waals surface area contributed by atoms with Gasteiger partial charge in [-0.2, -0.15) is 0 Å². The van der Waals surface area contributed by atoms with Crippen molar-refractivity contribution < 1.29 is 27.9 Å². The Morgan fingerprint density at radius 2 is 1.52 bits per heavy atom. The molecule has 3 aromatic carbocycles. The van der Waals surface area contributed by atoms with Crippen LogP contribution in [0.15, 0.2) is 83.8 Å². The number of carboxylic acid groups (broad SMARTS) is 1. The lowest BCUT2D eigenvalue weighted by atomic mass is 9.82. The van der Waals surface area contributed by atoms with Crippen molar-refractivity contribution in [1.82, 2.24) is 4.90 Å². The predicted octanol–water partition coefficient (Wildman–Crippen LogP) is 5.75. The molecule has 0 bridgehead atoms. The first-order chi connectivity index (χ1) is 19.3. The molecule has 3 aliphatic rings. The van der Waals surface area contributed by atoms with Crippen LogP contribution < -0.4 is 9.04 Å². The summed E-state index contributed by atoms with van der Waals surface area (Å²) < 4.78 is 35.9. The molecule has 0 unspecified atom stereocenters. The first-order valence-corrected chi connectivity index (χ1v) is 15.3. The van der Waals surface area contributed by atoms with Crippen molar-refractivity contribution in [3.63, 3.8) is 0 Å². The van der Waals surface area contributed by atoms with E-state index in [2.05, 4.69) is 0 Å². The van der Waals surface area contributed by atoms with Crippen LogP contribution in [-0.4, -0.2) is 42.4 Å². The highest BCUT2D eigenvalue weighted by molar-refractivity contribution is 7.92. The van der Waals surface area contributed by atoms with Crippen LogP contribution in [0.5, 0.6) is 11.5 Å². The minimum absolute atomic E-state index is 0.0543. The summed E-state index contributed by atoms with van der Waals surface area (Å²) in [5.74, 6) is -0.0197. The molecule has 0 radical (unpaired) electrons. The lowest BCUT2D eigenvalue weighted by molar-refractivity contribution is -0.142. The Kier molecular flexibility index (Phi) is 7.00. The number of aliphatic carboxylic acids is 1. The van der Waals surface area contributed by atoms with Crippen LogP contribution in [-0.2, 0) is 19.6 Å². The van der Waals surface area contributed by atoms with Gasteiger partial charge in [0.2, 0.25) is 5.91 Å². The molecule has 0 spiro atoms. The molecule has 2 saturated carbocycles. The molecule has 9 heteroatoms. The standard InChI is InChI=1S/C31H32N2O6S/c34-29(19-20-30(35)36)32(21-13-14-21)31-25-9-4-5-11-27(25)33(28-12-6-10-26(28)31)40(37,38)24-17-15-23(16-18-24)39-22-7-2-1-3-8-22/h1-5,7-9,11,15-18,21,26,28,31H,6,10,12-14,19-20H2,(H,35,36)/t26-,28+,31-/m0/s1. The van der Waals surface area contributed by atoms with E-state index in [1.165, 1.54) is 0 Å². The van der Waals surface area contributed by atoms with Gasteiger partial charge in [0.25, 0.3) is 10.0 Å². The van der Waals surface area contributed by atoms with Gasteiger partial charge in [0.15, 0.2) is 0 Å². The number of nitrogens with zero attached hydrogens (tertiary/aromatic N) is 2. The summed E-state index contributed by atoms with van der Waals surface area (Å²) in [6.07, 6.45) is 3.86. The van der Waals surface area contributed by atoms with Gasteiger partial charge >= 0.3 is 5.97 Å². The van der Waals surface area contributed by atoms with Gasteiger partial charge in [0.05, 0.1) is 29.1 Å². The predicted molar refractivity (Wildman–Crippen MR) is 150 cm³/mol. The summed E-state index contributed by atoms with van der Waals surface area (Å²) in [4.78, 5) is 26.7. The number of carbonyl (C=O) groups is 2. The van der Waals surface area contributed by atoms with Crippen LogP contribution >= 0.6 is 0 Å². The fourth-order valence-electron chi connectivity index (χ4n) is 6.34. The Morgan fingerprint density at radius 3 is 2.23 bits per heavy atom. The maximum absolute atomic E-state index is 14.2. The molecule has 1 heterocycles. The molecule has 1 N–H and O–H groups in total. The molecule has 208 valence electrons. The van der Waals surface area contributed by atoms with Gasteiger partial charge in [-0.25, -0.2) is 8.42 Å². The third-order valence-corrected chi connectivity index (χ3v) is 10.0. The Bertz CT molecular complexity index is 1500. The Balaban J connectivity index is 1.35. The highest BCUT2D eigenvalue weighted by atomic mass is 32.2. The lowest BCUT2D eigenvalue weighted by Gasteiger charge is -2.48. The zero-order chi connectivity index (χ0) is 27.9. The van der Waals surface area contributed by atoms with Gasteiger partial charge in [-0.05, 0) is 73.7 Å². The normalized spacial score (nSPS) is 21.8. The van der Waals surface area contributed by atoms with E-state index in [1.54, 1.807) is 28.6 Å². The highest BCUT2D eigenvalue weighted by Crippen LogP contribution is 2.54. The van der Waals surface area contributed by atoms with Gasteiger partial charge in [-0.15, -0.1) is 0 Å².